The molecule has 3 rings (SSSR count). The van der Waals surface area contributed by atoms with E-state index in [1.54, 1.807) is 12.1 Å². The minimum absolute atomic E-state index is 0.219. The van der Waals surface area contributed by atoms with Gasteiger partial charge in [0.2, 0.25) is 0 Å². The first kappa shape index (κ1) is 20.2. The van der Waals surface area contributed by atoms with E-state index in [0.29, 0.717) is 28.1 Å². The quantitative estimate of drug-likeness (QED) is 0.648. The SMILES string of the molecule is CC(C)[N+]1=CCOc2cc(C(=O)Nc3ccc(OC(F)(F)F)cc3)cc(Br)c21. The molecule has 9 heteroatoms. The standard InChI is InChI=1S/C19H16BrF3N2O3/c1-11(2)25-7-8-27-16-10-12(9-15(20)17(16)25)18(26)24-13-3-5-14(6-4-13)28-19(21,22)23/h3-7,9-11H,8H2,1-2H3/p+1. The first-order chi connectivity index (χ1) is 13.1. The monoisotopic (exact) mass is 457 g/mol. The van der Waals surface area contributed by atoms with Crippen LogP contribution in [-0.2, 0) is 0 Å². The van der Waals surface area contributed by atoms with Crippen molar-refractivity contribution in [3.05, 3.63) is 46.4 Å². The number of benzene rings is 2. The molecule has 1 aliphatic heterocycles. The molecule has 0 aromatic heterocycles. The Morgan fingerprint density at radius 1 is 1.25 bits per heavy atom. The lowest BCUT2D eigenvalue weighted by molar-refractivity contribution is -0.476. The molecule has 0 saturated carbocycles. The number of rotatable bonds is 4. The zero-order valence-corrected chi connectivity index (χ0v) is 16.6. The molecule has 0 unspecified atom stereocenters. The smallest absolute Gasteiger partial charge is 0.476 e. The Labute approximate surface area is 167 Å². The molecule has 2 aromatic rings. The van der Waals surface area contributed by atoms with Crippen molar-refractivity contribution >= 4 is 39.4 Å². The van der Waals surface area contributed by atoms with Gasteiger partial charge in [0.1, 0.15) is 5.75 Å². The fourth-order valence-corrected chi connectivity index (χ4v) is 3.42. The van der Waals surface area contributed by atoms with Crippen LogP contribution >= 0.6 is 15.9 Å². The lowest BCUT2D eigenvalue weighted by Gasteiger charge is -2.18. The molecule has 0 aliphatic carbocycles. The van der Waals surface area contributed by atoms with Crippen molar-refractivity contribution in [2.75, 3.05) is 11.9 Å². The largest absolute Gasteiger partial charge is 0.573 e. The van der Waals surface area contributed by atoms with Gasteiger partial charge in [-0.05, 0) is 66.2 Å². The topological polar surface area (TPSA) is 50.6 Å². The van der Waals surface area contributed by atoms with Gasteiger partial charge in [-0.3, -0.25) is 4.79 Å². The van der Waals surface area contributed by atoms with E-state index >= 15 is 0 Å². The van der Waals surface area contributed by atoms with Crippen molar-refractivity contribution in [1.82, 2.24) is 0 Å². The van der Waals surface area contributed by atoms with E-state index < -0.39 is 12.3 Å². The van der Waals surface area contributed by atoms with E-state index in [0.717, 1.165) is 17.8 Å². The van der Waals surface area contributed by atoms with Crippen LogP contribution in [0.1, 0.15) is 24.2 Å². The van der Waals surface area contributed by atoms with Crippen LogP contribution in [0.2, 0.25) is 0 Å². The number of carbonyl (C=O) groups excluding carboxylic acids is 1. The summed E-state index contributed by atoms with van der Waals surface area (Å²) in [5.41, 5.74) is 1.53. The number of ether oxygens (including phenoxy) is 2. The molecule has 0 fully saturated rings. The number of amides is 1. The second kappa shape index (κ2) is 7.83. The highest BCUT2D eigenvalue weighted by molar-refractivity contribution is 9.10. The second-order valence-corrected chi connectivity index (χ2v) is 7.18. The van der Waals surface area contributed by atoms with Crippen LogP contribution in [0.15, 0.2) is 40.9 Å². The molecule has 28 heavy (non-hydrogen) atoms. The Hall–Kier alpha value is -2.55. The fourth-order valence-electron chi connectivity index (χ4n) is 2.78. The van der Waals surface area contributed by atoms with Crippen LogP contribution in [0.4, 0.5) is 24.5 Å². The number of anilines is 1. The molecule has 5 nitrogen and oxygen atoms in total. The predicted octanol–water partition coefficient (Wildman–Crippen LogP) is 5.12. The number of alkyl halides is 3. The van der Waals surface area contributed by atoms with Crippen molar-refractivity contribution in [3.8, 4) is 11.5 Å². The van der Waals surface area contributed by atoms with Crippen LogP contribution in [0.3, 0.4) is 0 Å². The third kappa shape index (κ3) is 4.64. The highest BCUT2D eigenvalue weighted by Gasteiger charge is 2.31. The van der Waals surface area contributed by atoms with E-state index in [1.165, 1.54) is 12.1 Å². The lowest BCUT2D eigenvalue weighted by Crippen LogP contribution is -2.25. The van der Waals surface area contributed by atoms with Crippen molar-refractivity contribution in [2.45, 2.75) is 26.3 Å². The van der Waals surface area contributed by atoms with Gasteiger partial charge >= 0.3 is 6.36 Å². The summed E-state index contributed by atoms with van der Waals surface area (Å²) in [4.78, 5) is 12.6. The van der Waals surface area contributed by atoms with Gasteiger partial charge in [0, 0.05) is 11.3 Å². The lowest BCUT2D eigenvalue weighted by atomic mass is 10.1. The highest BCUT2D eigenvalue weighted by atomic mass is 79.9. The maximum absolute atomic E-state index is 12.6. The molecule has 1 heterocycles. The predicted molar refractivity (Wildman–Crippen MR) is 102 cm³/mol. The van der Waals surface area contributed by atoms with Gasteiger partial charge in [-0.1, -0.05) is 0 Å². The number of nitrogens with zero attached hydrogens (tertiary/aromatic N) is 1. The van der Waals surface area contributed by atoms with Gasteiger partial charge < -0.3 is 14.8 Å². The number of hydrogen-bond acceptors (Lipinski definition) is 3. The molecule has 0 bridgehead atoms. The van der Waals surface area contributed by atoms with Crippen molar-refractivity contribution in [2.24, 2.45) is 0 Å². The summed E-state index contributed by atoms with van der Waals surface area (Å²) in [5, 5.41) is 2.64. The third-order valence-electron chi connectivity index (χ3n) is 3.96. The molecule has 0 atom stereocenters. The van der Waals surface area contributed by atoms with E-state index in [2.05, 4.69) is 30.6 Å². The maximum atomic E-state index is 12.6. The molecule has 0 saturated heterocycles. The summed E-state index contributed by atoms with van der Waals surface area (Å²) in [7, 11) is 0. The minimum atomic E-state index is -4.76. The van der Waals surface area contributed by atoms with Crippen molar-refractivity contribution in [3.63, 3.8) is 0 Å². The highest BCUT2D eigenvalue weighted by Crippen LogP contribution is 2.39. The molecular formula is C19H17BrF3N2O3+. The normalized spacial score (nSPS) is 13.5. The summed E-state index contributed by atoms with van der Waals surface area (Å²) in [6.45, 7) is 4.49. The molecule has 1 N–H and O–H groups in total. The van der Waals surface area contributed by atoms with E-state index in [-0.39, 0.29) is 11.8 Å². The minimum Gasteiger partial charge on any atom is -0.476 e. The summed E-state index contributed by atoms with van der Waals surface area (Å²) >= 11 is 3.49. The van der Waals surface area contributed by atoms with Crippen LogP contribution in [0, 0.1) is 0 Å². The number of hydrogen-bond donors (Lipinski definition) is 1. The number of fused-ring (bicyclic) bond motifs is 1. The van der Waals surface area contributed by atoms with Crippen LogP contribution in [0.5, 0.6) is 11.5 Å². The van der Waals surface area contributed by atoms with Gasteiger partial charge in [-0.2, -0.15) is 4.58 Å². The van der Waals surface area contributed by atoms with Crippen molar-refractivity contribution < 1.29 is 32.0 Å². The average Bonchev–Trinajstić information content (AvgIpc) is 2.61. The Morgan fingerprint density at radius 3 is 2.54 bits per heavy atom. The summed E-state index contributed by atoms with van der Waals surface area (Å²) < 4.78 is 48.9. The molecular weight excluding hydrogens is 441 g/mol. The number of nitrogens with one attached hydrogen (secondary N) is 1. The van der Waals surface area contributed by atoms with Gasteiger partial charge in [-0.15, -0.1) is 13.2 Å². The third-order valence-corrected chi connectivity index (χ3v) is 4.57. The summed E-state index contributed by atoms with van der Waals surface area (Å²) in [6, 6.07) is 8.45. The van der Waals surface area contributed by atoms with Crippen LogP contribution in [-0.4, -0.2) is 35.7 Å². The Balaban J connectivity index is 1.79. The van der Waals surface area contributed by atoms with Gasteiger partial charge in [0.15, 0.2) is 24.6 Å². The Bertz CT molecular complexity index is 925. The number of halogens is 4. The van der Waals surface area contributed by atoms with Gasteiger partial charge in [0.05, 0.1) is 4.47 Å². The van der Waals surface area contributed by atoms with Crippen molar-refractivity contribution in [1.29, 1.82) is 0 Å². The van der Waals surface area contributed by atoms with Crippen LogP contribution in [0.25, 0.3) is 0 Å². The zero-order chi connectivity index (χ0) is 20.5. The van der Waals surface area contributed by atoms with Gasteiger partial charge in [0.25, 0.3) is 11.6 Å². The van der Waals surface area contributed by atoms with Crippen LogP contribution < -0.4 is 14.8 Å². The molecule has 2 aromatic carbocycles. The molecule has 1 aliphatic rings. The number of carbonyl (C=O) groups is 1. The molecule has 0 spiro atoms. The second-order valence-electron chi connectivity index (χ2n) is 6.33. The molecule has 1 amide bonds. The maximum Gasteiger partial charge on any atom is 0.573 e. The van der Waals surface area contributed by atoms with E-state index in [1.807, 2.05) is 20.1 Å². The van der Waals surface area contributed by atoms with Gasteiger partial charge in [-0.25, -0.2) is 0 Å². The van der Waals surface area contributed by atoms with E-state index in [9.17, 15) is 18.0 Å². The van der Waals surface area contributed by atoms with E-state index in [4.69, 9.17) is 4.74 Å². The average molecular weight is 458 g/mol. The summed E-state index contributed by atoms with van der Waals surface area (Å²) in [5.74, 6) is -0.202. The zero-order valence-electron chi connectivity index (χ0n) is 15.0. The first-order valence-corrected chi connectivity index (χ1v) is 9.18. The molecule has 148 valence electrons. The Morgan fingerprint density at radius 2 is 1.93 bits per heavy atom. The summed E-state index contributed by atoms with van der Waals surface area (Å²) in [6.07, 6.45) is -2.83. The first-order valence-electron chi connectivity index (χ1n) is 8.39. The Kier molecular flexibility index (Phi) is 5.64. The fraction of sp³-hybridized carbons (Fsp3) is 0.263. The molecule has 0 radical (unpaired) electrons.